The van der Waals surface area contributed by atoms with Crippen molar-refractivity contribution in [3.05, 3.63) is 29.8 Å². The predicted molar refractivity (Wildman–Crippen MR) is 83.6 cm³/mol. The number of hydrogen-bond donors (Lipinski definition) is 2. The second kappa shape index (κ2) is 7.11. The van der Waals surface area contributed by atoms with Crippen molar-refractivity contribution in [2.45, 2.75) is 6.54 Å². The number of hydrogen-bond acceptors (Lipinski definition) is 4. The van der Waals surface area contributed by atoms with Gasteiger partial charge in [-0.2, -0.15) is 0 Å². The van der Waals surface area contributed by atoms with Crippen molar-refractivity contribution in [2.75, 3.05) is 39.3 Å². The third-order valence-electron chi connectivity index (χ3n) is 4.13. The van der Waals surface area contributed by atoms with Gasteiger partial charge in [0.15, 0.2) is 0 Å². The van der Waals surface area contributed by atoms with E-state index in [2.05, 4.69) is 10.2 Å². The second-order valence-corrected chi connectivity index (χ2v) is 5.63. The lowest BCUT2D eigenvalue weighted by molar-refractivity contribution is -0.138. The van der Waals surface area contributed by atoms with Crippen molar-refractivity contribution >= 4 is 18.3 Å². The highest BCUT2D eigenvalue weighted by molar-refractivity contribution is 5.85. The lowest BCUT2D eigenvalue weighted by atomic mass is 10.0. The average Bonchev–Trinajstić information content (AvgIpc) is 2.37. The molecular formula is C15H22ClN3O2. The van der Waals surface area contributed by atoms with Crippen LogP contribution in [0.3, 0.4) is 0 Å². The Balaban J connectivity index is 0.00000161. The highest BCUT2D eigenvalue weighted by Crippen LogP contribution is 2.15. The van der Waals surface area contributed by atoms with Crippen LogP contribution in [0.1, 0.15) is 5.56 Å². The van der Waals surface area contributed by atoms with Gasteiger partial charge in [-0.05, 0) is 17.7 Å². The summed E-state index contributed by atoms with van der Waals surface area (Å²) < 4.78 is 0. The fourth-order valence-corrected chi connectivity index (χ4v) is 2.76. The Morgan fingerprint density at radius 3 is 2.52 bits per heavy atom. The first-order chi connectivity index (χ1) is 9.72. The van der Waals surface area contributed by atoms with E-state index in [4.69, 9.17) is 0 Å². The Kier molecular flexibility index (Phi) is 5.45. The van der Waals surface area contributed by atoms with Gasteiger partial charge >= 0.3 is 0 Å². The topological polar surface area (TPSA) is 55.8 Å². The standard InChI is InChI=1S/C15H21N3O2.ClH/c19-14-3-1-2-12(8-14)11-17-4-6-18(7-5-17)15(20)13-9-16-10-13;/h1-3,8,13,16,19H,4-7,9-11H2;1H. The van der Waals surface area contributed by atoms with Crippen molar-refractivity contribution in [2.24, 2.45) is 5.92 Å². The SMILES string of the molecule is Cl.O=C(C1CNC1)N1CCN(Cc2cccc(O)c2)CC1. The van der Waals surface area contributed by atoms with E-state index in [9.17, 15) is 9.90 Å². The molecule has 2 N–H and O–H groups in total. The molecule has 0 radical (unpaired) electrons. The molecule has 3 rings (SSSR count). The Labute approximate surface area is 131 Å². The molecule has 0 aromatic heterocycles. The van der Waals surface area contributed by atoms with Crippen LogP contribution in [-0.4, -0.2) is 60.1 Å². The maximum Gasteiger partial charge on any atom is 0.228 e. The predicted octanol–water partition coefficient (Wildman–Crippen LogP) is 0.678. The van der Waals surface area contributed by atoms with E-state index in [-0.39, 0.29) is 18.3 Å². The van der Waals surface area contributed by atoms with Crippen LogP contribution in [0.25, 0.3) is 0 Å². The number of halogens is 1. The van der Waals surface area contributed by atoms with Crippen molar-refractivity contribution in [3.8, 4) is 5.75 Å². The number of amides is 1. The van der Waals surface area contributed by atoms with Gasteiger partial charge in [-0.25, -0.2) is 0 Å². The number of phenolic OH excluding ortho intramolecular Hbond substituents is 1. The van der Waals surface area contributed by atoms with Gasteiger partial charge in [0, 0.05) is 45.8 Å². The number of phenols is 1. The maximum absolute atomic E-state index is 12.1. The normalized spacial score (nSPS) is 19.7. The quantitative estimate of drug-likeness (QED) is 0.862. The number of nitrogens with one attached hydrogen (secondary N) is 1. The molecule has 0 aliphatic carbocycles. The lowest BCUT2D eigenvalue weighted by Gasteiger charge is -2.38. The third kappa shape index (κ3) is 3.87. The van der Waals surface area contributed by atoms with Crippen molar-refractivity contribution in [3.63, 3.8) is 0 Å². The molecule has 1 amide bonds. The molecule has 2 aliphatic heterocycles. The summed E-state index contributed by atoms with van der Waals surface area (Å²) in [5, 5.41) is 12.6. The zero-order valence-corrected chi connectivity index (χ0v) is 12.8. The zero-order chi connectivity index (χ0) is 13.9. The fourth-order valence-electron chi connectivity index (χ4n) is 2.76. The molecular weight excluding hydrogens is 290 g/mol. The van der Waals surface area contributed by atoms with Crippen LogP contribution in [0.5, 0.6) is 5.75 Å². The largest absolute Gasteiger partial charge is 0.508 e. The summed E-state index contributed by atoms with van der Waals surface area (Å²) in [5.41, 5.74) is 1.12. The lowest BCUT2D eigenvalue weighted by Crippen LogP contribution is -2.56. The minimum absolute atomic E-state index is 0. The van der Waals surface area contributed by atoms with Crippen LogP contribution < -0.4 is 5.32 Å². The van der Waals surface area contributed by atoms with E-state index < -0.39 is 0 Å². The second-order valence-electron chi connectivity index (χ2n) is 5.63. The molecule has 0 saturated carbocycles. The summed E-state index contributed by atoms with van der Waals surface area (Å²) in [6.45, 7) is 5.94. The molecule has 2 heterocycles. The van der Waals surface area contributed by atoms with Gasteiger partial charge in [0.2, 0.25) is 5.91 Å². The van der Waals surface area contributed by atoms with Gasteiger partial charge in [-0.1, -0.05) is 12.1 Å². The Morgan fingerprint density at radius 1 is 1.24 bits per heavy atom. The number of nitrogens with zero attached hydrogens (tertiary/aromatic N) is 2. The average molecular weight is 312 g/mol. The van der Waals surface area contributed by atoms with Gasteiger partial charge in [0.25, 0.3) is 0 Å². The number of piperazine rings is 1. The molecule has 1 aromatic carbocycles. The van der Waals surface area contributed by atoms with Crippen LogP contribution in [0.4, 0.5) is 0 Å². The monoisotopic (exact) mass is 311 g/mol. The zero-order valence-electron chi connectivity index (χ0n) is 12.0. The number of benzene rings is 1. The molecule has 2 fully saturated rings. The molecule has 0 spiro atoms. The fraction of sp³-hybridized carbons (Fsp3) is 0.533. The van der Waals surface area contributed by atoms with E-state index in [0.29, 0.717) is 11.7 Å². The summed E-state index contributed by atoms with van der Waals surface area (Å²) in [6.07, 6.45) is 0. The van der Waals surface area contributed by atoms with E-state index >= 15 is 0 Å². The number of carbonyl (C=O) groups is 1. The summed E-state index contributed by atoms with van der Waals surface area (Å²) in [7, 11) is 0. The van der Waals surface area contributed by atoms with Gasteiger partial charge in [-0.3, -0.25) is 9.69 Å². The van der Waals surface area contributed by atoms with Gasteiger partial charge < -0.3 is 15.3 Å². The molecule has 21 heavy (non-hydrogen) atoms. The number of rotatable bonds is 3. The maximum atomic E-state index is 12.1. The molecule has 0 atom stereocenters. The third-order valence-corrected chi connectivity index (χ3v) is 4.13. The number of aromatic hydroxyl groups is 1. The summed E-state index contributed by atoms with van der Waals surface area (Å²) in [4.78, 5) is 16.4. The van der Waals surface area contributed by atoms with E-state index in [1.807, 2.05) is 17.0 Å². The molecule has 2 saturated heterocycles. The Morgan fingerprint density at radius 2 is 1.95 bits per heavy atom. The Hall–Kier alpha value is -1.30. The van der Waals surface area contributed by atoms with E-state index in [0.717, 1.165) is 51.4 Å². The van der Waals surface area contributed by atoms with Crippen molar-refractivity contribution in [1.29, 1.82) is 0 Å². The minimum Gasteiger partial charge on any atom is -0.508 e. The minimum atomic E-state index is 0. The number of carbonyl (C=O) groups excluding carboxylic acids is 1. The van der Waals surface area contributed by atoms with Crippen LogP contribution in [0, 0.1) is 5.92 Å². The van der Waals surface area contributed by atoms with E-state index in [1.165, 1.54) is 0 Å². The molecule has 5 nitrogen and oxygen atoms in total. The first-order valence-electron chi connectivity index (χ1n) is 7.22. The first-order valence-corrected chi connectivity index (χ1v) is 7.22. The van der Waals surface area contributed by atoms with Crippen LogP contribution >= 0.6 is 12.4 Å². The van der Waals surface area contributed by atoms with Gasteiger partial charge in [0.05, 0.1) is 5.92 Å². The van der Waals surface area contributed by atoms with Gasteiger partial charge in [0.1, 0.15) is 5.75 Å². The molecule has 0 bridgehead atoms. The smallest absolute Gasteiger partial charge is 0.228 e. The molecule has 2 aliphatic rings. The first kappa shape index (κ1) is 16.1. The van der Waals surface area contributed by atoms with Crippen LogP contribution in [-0.2, 0) is 11.3 Å². The van der Waals surface area contributed by atoms with Crippen molar-refractivity contribution in [1.82, 2.24) is 15.1 Å². The van der Waals surface area contributed by atoms with Gasteiger partial charge in [-0.15, -0.1) is 12.4 Å². The molecule has 1 aromatic rings. The summed E-state index contributed by atoms with van der Waals surface area (Å²) in [6, 6.07) is 7.38. The summed E-state index contributed by atoms with van der Waals surface area (Å²) >= 11 is 0. The van der Waals surface area contributed by atoms with Crippen molar-refractivity contribution < 1.29 is 9.90 Å². The molecule has 6 heteroatoms. The van der Waals surface area contributed by atoms with Crippen LogP contribution in [0.2, 0.25) is 0 Å². The van der Waals surface area contributed by atoms with E-state index in [1.54, 1.807) is 12.1 Å². The highest BCUT2D eigenvalue weighted by atomic mass is 35.5. The Bertz CT molecular complexity index is 486. The molecule has 0 unspecified atom stereocenters. The van der Waals surface area contributed by atoms with Crippen LogP contribution in [0.15, 0.2) is 24.3 Å². The highest BCUT2D eigenvalue weighted by Gasteiger charge is 2.30. The molecule has 116 valence electrons. The summed E-state index contributed by atoms with van der Waals surface area (Å²) in [5.74, 6) is 0.821.